The highest BCUT2D eigenvalue weighted by atomic mass is 16.2. The molecular formula is C18H23N3O. The minimum atomic E-state index is -0.0416. The van der Waals surface area contributed by atoms with E-state index in [1.165, 1.54) is 0 Å². The van der Waals surface area contributed by atoms with Crippen LogP contribution in [0.2, 0.25) is 0 Å². The maximum absolute atomic E-state index is 12.8. The zero-order valence-corrected chi connectivity index (χ0v) is 13.9. The van der Waals surface area contributed by atoms with E-state index in [0.717, 1.165) is 11.3 Å². The van der Waals surface area contributed by atoms with E-state index in [0.29, 0.717) is 11.4 Å². The molecule has 1 heterocycles. The second-order valence-corrected chi connectivity index (χ2v) is 5.87. The fraction of sp³-hybridized carbons (Fsp3) is 0.389. The van der Waals surface area contributed by atoms with Crippen molar-refractivity contribution in [2.75, 3.05) is 7.05 Å². The van der Waals surface area contributed by atoms with Crippen LogP contribution in [0.15, 0.2) is 36.5 Å². The molecule has 2 aromatic rings. The first-order chi connectivity index (χ1) is 10.4. The summed E-state index contributed by atoms with van der Waals surface area (Å²) in [5.74, 6) is 0.833. The van der Waals surface area contributed by atoms with Crippen LogP contribution < -0.4 is 0 Å². The molecule has 0 N–H and O–H groups in total. The number of benzene rings is 1. The van der Waals surface area contributed by atoms with Crippen molar-refractivity contribution in [1.29, 1.82) is 0 Å². The summed E-state index contributed by atoms with van der Waals surface area (Å²) in [5, 5.41) is 0. The first-order valence-corrected chi connectivity index (χ1v) is 7.57. The highest BCUT2D eigenvalue weighted by molar-refractivity contribution is 5.95. The average Bonchev–Trinajstić information content (AvgIpc) is 2.53. The Morgan fingerprint density at radius 2 is 1.77 bits per heavy atom. The molecule has 0 aliphatic rings. The molecule has 1 amide bonds. The molecule has 0 spiro atoms. The SMILES string of the molecule is Cc1ncc(C(=O)N(C)[C@@H](C)c2ccccc2)c(C(C)C)n1. The Hall–Kier alpha value is -2.23. The number of amides is 1. The van der Waals surface area contributed by atoms with Crippen molar-refractivity contribution in [2.24, 2.45) is 0 Å². The van der Waals surface area contributed by atoms with Gasteiger partial charge in [-0.3, -0.25) is 4.79 Å². The molecular weight excluding hydrogens is 274 g/mol. The van der Waals surface area contributed by atoms with Crippen LogP contribution in [0.4, 0.5) is 0 Å². The van der Waals surface area contributed by atoms with Gasteiger partial charge < -0.3 is 4.90 Å². The number of nitrogens with zero attached hydrogens (tertiary/aromatic N) is 3. The second kappa shape index (κ2) is 6.69. The number of carbonyl (C=O) groups excluding carboxylic acids is 1. The Kier molecular flexibility index (Phi) is 4.91. The van der Waals surface area contributed by atoms with E-state index in [4.69, 9.17) is 0 Å². The lowest BCUT2D eigenvalue weighted by molar-refractivity contribution is 0.0740. The van der Waals surface area contributed by atoms with Crippen molar-refractivity contribution in [3.05, 3.63) is 59.2 Å². The van der Waals surface area contributed by atoms with Crippen molar-refractivity contribution in [1.82, 2.24) is 14.9 Å². The molecule has 1 aromatic carbocycles. The standard InChI is InChI=1S/C18H23N3O/c1-12(2)17-16(11-19-14(4)20-17)18(22)21(5)13(3)15-9-7-6-8-10-15/h6-13H,1-5H3/t13-/m0/s1. The Morgan fingerprint density at radius 3 is 2.36 bits per heavy atom. The molecule has 4 nitrogen and oxygen atoms in total. The van der Waals surface area contributed by atoms with Gasteiger partial charge in [-0.1, -0.05) is 44.2 Å². The van der Waals surface area contributed by atoms with Gasteiger partial charge in [0.1, 0.15) is 5.82 Å². The fourth-order valence-corrected chi connectivity index (χ4v) is 2.41. The van der Waals surface area contributed by atoms with Crippen LogP contribution in [0.5, 0.6) is 0 Å². The molecule has 0 unspecified atom stereocenters. The number of aryl methyl sites for hydroxylation is 1. The summed E-state index contributed by atoms with van der Waals surface area (Å²) in [7, 11) is 1.82. The minimum absolute atomic E-state index is 0.00462. The maximum atomic E-state index is 12.8. The summed E-state index contributed by atoms with van der Waals surface area (Å²) in [6.07, 6.45) is 1.65. The Balaban J connectivity index is 2.32. The predicted molar refractivity (Wildman–Crippen MR) is 87.8 cm³/mol. The van der Waals surface area contributed by atoms with Gasteiger partial charge in [0.15, 0.2) is 0 Å². The smallest absolute Gasteiger partial charge is 0.257 e. The third kappa shape index (κ3) is 3.32. The molecule has 0 aliphatic carbocycles. The first-order valence-electron chi connectivity index (χ1n) is 7.57. The van der Waals surface area contributed by atoms with Crippen molar-refractivity contribution >= 4 is 5.91 Å². The largest absolute Gasteiger partial charge is 0.335 e. The van der Waals surface area contributed by atoms with E-state index in [2.05, 4.69) is 9.97 Å². The highest BCUT2D eigenvalue weighted by Crippen LogP contribution is 2.23. The molecule has 0 saturated heterocycles. The van der Waals surface area contributed by atoms with Crippen LogP contribution in [0.25, 0.3) is 0 Å². The molecule has 4 heteroatoms. The third-order valence-electron chi connectivity index (χ3n) is 3.90. The van der Waals surface area contributed by atoms with Gasteiger partial charge in [0.2, 0.25) is 0 Å². The van der Waals surface area contributed by atoms with Gasteiger partial charge in [0, 0.05) is 13.2 Å². The molecule has 0 bridgehead atoms. The Morgan fingerprint density at radius 1 is 1.14 bits per heavy atom. The van der Waals surface area contributed by atoms with E-state index in [9.17, 15) is 4.79 Å². The van der Waals surface area contributed by atoms with Crippen LogP contribution in [0, 0.1) is 6.92 Å². The molecule has 0 saturated carbocycles. The van der Waals surface area contributed by atoms with Gasteiger partial charge in [-0.05, 0) is 25.3 Å². The van der Waals surface area contributed by atoms with Gasteiger partial charge in [-0.25, -0.2) is 9.97 Å². The third-order valence-corrected chi connectivity index (χ3v) is 3.90. The molecule has 0 radical (unpaired) electrons. The van der Waals surface area contributed by atoms with Crippen LogP contribution in [0.1, 0.15) is 60.2 Å². The van der Waals surface area contributed by atoms with Crippen LogP contribution in [-0.2, 0) is 0 Å². The summed E-state index contributed by atoms with van der Waals surface area (Å²) >= 11 is 0. The number of hydrogen-bond acceptors (Lipinski definition) is 3. The normalized spacial score (nSPS) is 12.3. The molecule has 1 atom stereocenters. The zero-order chi connectivity index (χ0) is 16.3. The molecule has 116 valence electrons. The topological polar surface area (TPSA) is 46.1 Å². The number of carbonyl (C=O) groups is 1. The van der Waals surface area contributed by atoms with E-state index < -0.39 is 0 Å². The van der Waals surface area contributed by atoms with Gasteiger partial charge >= 0.3 is 0 Å². The zero-order valence-electron chi connectivity index (χ0n) is 13.9. The highest BCUT2D eigenvalue weighted by Gasteiger charge is 2.23. The second-order valence-electron chi connectivity index (χ2n) is 5.87. The van der Waals surface area contributed by atoms with Crippen molar-refractivity contribution in [3.8, 4) is 0 Å². The molecule has 22 heavy (non-hydrogen) atoms. The van der Waals surface area contributed by atoms with E-state index in [1.54, 1.807) is 11.1 Å². The molecule has 0 aliphatic heterocycles. The minimum Gasteiger partial charge on any atom is -0.335 e. The van der Waals surface area contributed by atoms with Gasteiger partial charge in [-0.15, -0.1) is 0 Å². The lowest BCUT2D eigenvalue weighted by Crippen LogP contribution is -2.31. The summed E-state index contributed by atoms with van der Waals surface area (Å²) in [6, 6.07) is 10.0. The first kappa shape index (κ1) is 16.1. The van der Waals surface area contributed by atoms with Gasteiger partial charge in [-0.2, -0.15) is 0 Å². The van der Waals surface area contributed by atoms with E-state index in [-0.39, 0.29) is 17.9 Å². The summed E-state index contributed by atoms with van der Waals surface area (Å²) in [4.78, 5) is 23.2. The average molecular weight is 297 g/mol. The Bertz CT molecular complexity index is 653. The molecule has 2 rings (SSSR count). The van der Waals surface area contributed by atoms with E-state index in [1.807, 2.05) is 65.1 Å². The van der Waals surface area contributed by atoms with Crippen LogP contribution >= 0.6 is 0 Å². The van der Waals surface area contributed by atoms with Crippen molar-refractivity contribution in [3.63, 3.8) is 0 Å². The molecule has 0 fully saturated rings. The monoisotopic (exact) mass is 297 g/mol. The number of aromatic nitrogens is 2. The fourth-order valence-electron chi connectivity index (χ4n) is 2.41. The Labute approximate surface area is 132 Å². The van der Waals surface area contributed by atoms with Crippen LogP contribution in [-0.4, -0.2) is 27.8 Å². The van der Waals surface area contributed by atoms with Gasteiger partial charge in [0.05, 0.1) is 17.3 Å². The van der Waals surface area contributed by atoms with Crippen LogP contribution in [0.3, 0.4) is 0 Å². The lowest BCUT2D eigenvalue weighted by Gasteiger charge is -2.26. The lowest BCUT2D eigenvalue weighted by atomic mass is 10.0. The predicted octanol–water partition coefficient (Wildman–Crippen LogP) is 3.74. The number of hydrogen-bond donors (Lipinski definition) is 0. The van der Waals surface area contributed by atoms with Crippen molar-refractivity contribution in [2.45, 2.75) is 39.7 Å². The summed E-state index contributed by atoms with van der Waals surface area (Å²) in [5.41, 5.74) is 2.51. The maximum Gasteiger partial charge on any atom is 0.257 e. The molecule has 1 aromatic heterocycles. The van der Waals surface area contributed by atoms with E-state index >= 15 is 0 Å². The van der Waals surface area contributed by atoms with Crippen molar-refractivity contribution < 1.29 is 4.79 Å². The number of rotatable bonds is 4. The summed E-state index contributed by atoms with van der Waals surface area (Å²) < 4.78 is 0. The quantitative estimate of drug-likeness (QED) is 0.863. The van der Waals surface area contributed by atoms with Gasteiger partial charge in [0.25, 0.3) is 5.91 Å². The summed E-state index contributed by atoms with van der Waals surface area (Å²) in [6.45, 7) is 7.95.